The Labute approximate surface area is 178 Å². The third-order valence-electron chi connectivity index (χ3n) is 4.02. The van der Waals surface area contributed by atoms with Crippen molar-refractivity contribution in [3.8, 4) is 0 Å². The Balaban J connectivity index is 1.70. The van der Waals surface area contributed by atoms with Crippen molar-refractivity contribution in [3.63, 3.8) is 0 Å². The maximum Gasteiger partial charge on any atom is 0.490 e. The van der Waals surface area contributed by atoms with Gasteiger partial charge < -0.3 is 39.8 Å². The third kappa shape index (κ3) is 5.76. The Morgan fingerprint density at radius 2 is 1.75 bits per heavy atom. The predicted octanol–water partition coefficient (Wildman–Crippen LogP) is -1.17. The van der Waals surface area contributed by atoms with Crippen molar-refractivity contribution in [2.75, 3.05) is 19.0 Å². The molecule has 21 heteroatoms. The number of phosphoric acid groups is 3. The zero-order chi connectivity index (χ0) is 23.9. The van der Waals surface area contributed by atoms with Crippen LogP contribution in [0.4, 0.5) is 5.82 Å². The van der Waals surface area contributed by atoms with E-state index in [1.165, 1.54) is 17.2 Å². The zero-order valence-corrected chi connectivity index (χ0v) is 18.5. The fraction of sp³-hybridized carbons (Fsp3) is 0.545. The van der Waals surface area contributed by atoms with Crippen LogP contribution >= 0.6 is 23.5 Å². The first-order chi connectivity index (χ1) is 14.7. The fourth-order valence-corrected chi connectivity index (χ4v) is 5.82. The van der Waals surface area contributed by atoms with Crippen LogP contribution < -0.4 is 5.32 Å². The van der Waals surface area contributed by atoms with Gasteiger partial charge in [-0.2, -0.15) is 8.62 Å². The first-order valence-corrected chi connectivity index (χ1v) is 12.9. The molecule has 3 rings (SSSR count). The summed E-state index contributed by atoms with van der Waals surface area (Å²) < 4.78 is 52.1. The Bertz CT molecular complexity index is 1120. The monoisotopic (exact) mass is 521 g/mol. The minimum absolute atomic E-state index is 0.231. The molecule has 1 saturated heterocycles. The SMILES string of the molecule is CNc1ncnc2c1ncn2[C@@H]1O[C@H](COP(=O)(O)OP(=O)(O)OP(=O)(O)O)C(O)C1O. The average molecular weight is 521 g/mol. The zero-order valence-electron chi connectivity index (χ0n) is 15.8. The van der Waals surface area contributed by atoms with Crippen molar-refractivity contribution in [1.82, 2.24) is 19.5 Å². The molecular formula is C11H18N5O13P3. The smallest absolute Gasteiger partial charge is 0.387 e. The minimum atomic E-state index is -5.70. The third-order valence-corrected chi connectivity index (χ3v) is 7.83. The highest BCUT2D eigenvalue weighted by Crippen LogP contribution is 2.66. The number of rotatable bonds is 9. The molecule has 0 spiro atoms. The van der Waals surface area contributed by atoms with E-state index in [1.54, 1.807) is 7.05 Å². The Kier molecular flexibility index (Phi) is 7.20. The number of nitrogens with zero attached hydrogens (tertiary/aromatic N) is 4. The van der Waals surface area contributed by atoms with Gasteiger partial charge in [0.1, 0.15) is 30.2 Å². The molecule has 2 aromatic rings. The Morgan fingerprint density at radius 1 is 1.06 bits per heavy atom. The van der Waals surface area contributed by atoms with Gasteiger partial charge >= 0.3 is 23.5 Å². The lowest BCUT2D eigenvalue weighted by molar-refractivity contribution is -0.0503. The molecule has 7 N–H and O–H groups in total. The molecule has 180 valence electrons. The van der Waals surface area contributed by atoms with Crippen LogP contribution in [0.3, 0.4) is 0 Å². The standard InChI is InChI=1S/C11H18N5O13P3/c1-12-9-6-10(14-3-13-9)16(4-15-6)11-8(18)7(17)5(27-11)2-26-31(22,23)29-32(24,25)28-30(19,20)21/h3-5,7-8,11,17-18H,2H2,1H3,(H,22,23)(H,24,25)(H,12,13,14)(H2,19,20,21)/t5-,7?,8?,11-/m1/s1. The lowest BCUT2D eigenvalue weighted by atomic mass is 10.1. The molecule has 0 radical (unpaired) electrons. The molecule has 1 fully saturated rings. The number of ether oxygens (including phenoxy) is 1. The summed E-state index contributed by atoms with van der Waals surface area (Å²) in [7, 11) is -15.1. The summed E-state index contributed by atoms with van der Waals surface area (Å²) in [5, 5.41) is 23.3. The van der Waals surface area contributed by atoms with Gasteiger partial charge in [-0.3, -0.25) is 9.09 Å². The van der Waals surface area contributed by atoms with E-state index in [2.05, 4.69) is 33.4 Å². The number of aromatic nitrogens is 4. The van der Waals surface area contributed by atoms with Crippen molar-refractivity contribution < 1.29 is 61.4 Å². The number of imidazole rings is 1. The van der Waals surface area contributed by atoms with Crippen molar-refractivity contribution in [1.29, 1.82) is 0 Å². The van der Waals surface area contributed by atoms with E-state index in [4.69, 9.17) is 19.4 Å². The number of nitrogens with one attached hydrogen (secondary N) is 1. The molecule has 4 unspecified atom stereocenters. The molecule has 0 aromatic carbocycles. The molecule has 0 bridgehead atoms. The molecular weight excluding hydrogens is 503 g/mol. The molecule has 0 amide bonds. The Hall–Kier alpha value is -1.36. The van der Waals surface area contributed by atoms with E-state index in [-0.39, 0.29) is 5.65 Å². The second-order valence-corrected chi connectivity index (χ2v) is 10.6. The number of fused-ring (bicyclic) bond motifs is 1. The second-order valence-electron chi connectivity index (χ2n) is 6.23. The number of phosphoric ester groups is 1. The van der Waals surface area contributed by atoms with E-state index in [9.17, 15) is 28.8 Å². The second kappa shape index (κ2) is 9.12. The maximum absolute atomic E-state index is 11.8. The molecule has 6 atom stereocenters. The van der Waals surface area contributed by atoms with Crippen LogP contribution in [0.5, 0.6) is 0 Å². The molecule has 32 heavy (non-hydrogen) atoms. The van der Waals surface area contributed by atoms with Gasteiger partial charge in [-0.25, -0.2) is 28.6 Å². The topological polar surface area (TPSA) is 265 Å². The van der Waals surface area contributed by atoms with Gasteiger partial charge in [-0.05, 0) is 0 Å². The number of hydrogen-bond acceptors (Lipinski definition) is 13. The summed E-state index contributed by atoms with van der Waals surface area (Å²) in [5.74, 6) is 0.381. The molecule has 2 aromatic heterocycles. The van der Waals surface area contributed by atoms with Crippen molar-refractivity contribution in [3.05, 3.63) is 12.7 Å². The summed E-state index contributed by atoms with van der Waals surface area (Å²) in [4.78, 5) is 47.8. The van der Waals surface area contributed by atoms with Crippen LogP contribution in [-0.4, -0.2) is 81.3 Å². The number of aliphatic hydroxyl groups excluding tert-OH is 2. The highest BCUT2D eigenvalue weighted by atomic mass is 31.3. The van der Waals surface area contributed by atoms with Gasteiger partial charge in [-0.15, -0.1) is 0 Å². The molecule has 0 aliphatic carbocycles. The van der Waals surface area contributed by atoms with Gasteiger partial charge in [0.2, 0.25) is 0 Å². The van der Waals surface area contributed by atoms with Crippen molar-refractivity contribution in [2.45, 2.75) is 24.5 Å². The van der Waals surface area contributed by atoms with E-state index in [0.717, 1.165) is 0 Å². The minimum Gasteiger partial charge on any atom is -0.387 e. The molecule has 18 nitrogen and oxygen atoms in total. The normalized spacial score (nSPS) is 27.8. The summed E-state index contributed by atoms with van der Waals surface area (Å²) in [6, 6.07) is 0. The van der Waals surface area contributed by atoms with E-state index < -0.39 is 54.6 Å². The summed E-state index contributed by atoms with van der Waals surface area (Å²) in [6.07, 6.45) is -3.46. The first-order valence-electron chi connectivity index (χ1n) is 8.38. The van der Waals surface area contributed by atoms with Crippen molar-refractivity contribution >= 4 is 40.4 Å². The Morgan fingerprint density at radius 3 is 2.38 bits per heavy atom. The summed E-state index contributed by atoms with van der Waals surface area (Å²) in [5.41, 5.74) is 0.561. The van der Waals surface area contributed by atoms with Crippen LogP contribution in [0.25, 0.3) is 11.2 Å². The number of aliphatic hydroxyl groups is 2. The van der Waals surface area contributed by atoms with Gasteiger partial charge in [-0.1, -0.05) is 0 Å². The van der Waals surface area contributed by atoms with Crippen LogP contribution in [-0.2, 0) is 31.6 Å². The quantitative estimate of drug-likeness (QED) is 0.192. The van der Waals surface area contributed by atoms with Gasteiger partial charge in [0.25, 0.3) is 0 Å². The van der Waals surface area contributed by atoms with E-state index >= 15 is 0 Å². The van der Waals surface area contributed by atoms with Crippen LogP contribution in [0, 0.1) is 0 Å². The van der Waals surface area contributed by atoms with Gasteiger partial charge in [0.05, 0.1) is 12.9 Å². The lowest BCUT2D eigenvalue weighted by Crippen LogP contribution is -2.33. The summed E-state index contributed by atoms with van der Waals surface area (Å²) >= 11 is 0. The summed E-state index contributed by atoms with van der Waals surface area (Å²) in [6.45, 7) is -0.943. The van der Waals surface area contributed by atoms with Gasteiger partial charge in [0.15, 0.2) is 17.7 Å². The van der Waals surface area contributed by atoms with E-state index in [0.29, 0.717) is 11.3 Å². The van der Waals surface area contributed by atoms with Crippen LogP contribution in [0.2, 0.25) is 0 Å². The van der Waals surface area contributed by atoms with Crippen LogP contribution in [0.15, 0.2) is 12.7 Å². The average Bonchev–Trinajstić information content (AvgIpc) is 3.19. The maximum atomic E-state index is 11.8. The highest BCUT2D eigenvalue weighted by molar-refractivity contribution is 7.66. The lowest BCUT2D eigenvalue weighted by Gasteiger charge is -2.19. The number of anilines is 1. The molecule has 0 saturated carbocycles. The predicted molar refractivity (Wildman–Crippen MR) is 101 cm³/mol. The van der Waals surface area contributed by atoms with Crippen molar-refractivity contribution in [2.24, 2.45) is 0 Å². The van der Waals surface area contributed by atoms with Gasteiger partial charge in [0, 0.05) is 7.05 Å². The molecule has 1 aliphatic rings. The highest BCUT2D eigenvalue weighted by Gasteiger charge is 2.47. The molecule has 3 heterocycles. The number of hydrogen-bond donors (Lipinski definition) is 7. The first kappa shape index (κ1) is 25.3. The van der Waals surface area contributed by atoms with E-state index in [1.807, 2.05) is 0 Å². The van der Waals surface area contributed by atoms with Crippen LogP contribution in [0.1, 0.15) is 6.23 Å². The molecule has 1 aliphatic heterocycles. The fourth-order valence-electron chi connectivity index (χ4n) is 2.79. The largest absolute Gasteiger partial charge is 0.490 e.